The molecule has 0 radical (unpaired) electrons. The van der Waals surface area contributed by atoms with Gasteiger partial charge in [-0.2, -0.15) is 0 Å². The Morgan fingerprint density at radius 2 is 1.67 bits per heavy atom. The molecule has 0 saturated heterocycles. The fourth-order valence-electron chi connectivity index (χ4n) is 2.19. The smallest absolute Gasteiger partial charge is 0.123 e. The maximum atomic E-state index is 13.6. The lowest BCUT2D eigenvalue weighted by atomic mass is 9.98. The third-order valence-electron chi connectivity index (χ3n) is 3.30. The Balaban J connectivity index is 2.51. The van der Waals surface area contributed by atoms with Crippen LogP contribution in [0.2, 0.25) is 0 Å². The second-order valence-corrected chi connectivity index (χ2v) is 4.68. The first kappa shape index (κ1) is 15.3. The molecule has 0 aliphatic rings. The second kappa shape index (κ2) is 7.09. The molecule has 0 atom stereocenters. The molecule has 0 spiro atoms. The van der Waals surface area contributed by atoms with E-state index in [1.54, 1.807) is 32.4 Å². The van der Waals surface area contributed by atoms with E-state index in [2.05, 4.69) is 5.32 Å². The molecule has 3 nitrogen and oxygen atoms in total. The van der Waals surface area contributed by atoms with Crippen molar-refractivity contribution in [3.8, 4) is 22.6 Å². The molecule has 0 bridgehead atoms. The summed E-state index contributed by atoms with van der Waals surface area (Å²) in [5, 5.41) is 3.27. The zero-order valence-corrected chi connectivity index (χ0v) is 12.6. The highest BCUT2D eigenvalue weighted by atomic mass is 19.1. The number of hydrogen-bond acceptors (Lipinski definition) is 3. The third-order valence-corrected chi connectivity index (χ3v) is 3.30. The van der Waals surface area contributed by atoms with Crippen LogP contribution in [-0.4, -0.2) is 20.8 Å². The quantitative estimate of drug-likeness (QED) is 0.881. The molecule has 1 N–H and O–H groups in total. The number of ether oxygens (including phenoxy) is 2. The van der Waals surface area contributed by atoms with Gasteiger partial charge in [0, 0.05) is 12.6 Å². The first-order chi connectivity index (χ1) is 10.2. The van der Waals surface area contributed by atoms with Crippen LogP contribution in [0.15, 0.2) is 36.4 Å². The van der Waals surface area contributed by atoms with E-state index in [4.69, 9.17) is 9.47 Å². The minimum Gasteiger partial charge on any atom is -0.497 e. The van der Waals surface area contributed by atoms with Crippen molar-refractivity contribution in [3.63, 3.8) is 0 Å². The van der Waals surface area contributed by atoms with Crippen molar-refractivity contribution in [2.75, 3.05) is 20.8 Å². The summed E-state index contributed by atoms with van der Waals surface area (Å²) >= 11 is 0. The van der Waals surface area contributed by atoms with Gasteiger partial charge in [0.2, 0.25) is 0 Å². The Morgan fingerprint density at radius 1 is 1.00 bits per heavy atom. The molecule has 2 rings (SSSR count). The average molecular weight is 289 g/mol. The van der Waals surface area contributed by atoms with Crippen LogP contribution in [0, 0.1) is 5.82 Å². The zero-order valence-electron chi connectivity index (χ0n) is 12.6. The molecule has 0 aromatic heterocycles. The van der Waals surface area contributed by atoms with E-state index in [1.807, 2.05) is 19.1 Å². The van der Waals surface area contributed by atoms with Gasteiger partial charge in [0.15, 0.2) is 0 Å². The zero-order chi connectivity index (χ0) is 15.2. The SMILES string of the molecule is CCNCc1ccc(F)cc1-c1cc(OC)cc(OC)c1. The lowest BCUT2D eigenvalue weighted by Crippen LogP contribution is -2.12. The van der Waals surface area contributed by atoms with Crippen LogP contribution < -0.4 is 14.8 Å². The van der Waals surface area contributed by atoms with Crippen LogP contribution in [0.3, 0.4) is 0 Å². The lowest BCUT2D eigenvalue weighted by molar-refractivity contribution is 0.394. The van der Waals surface area contributed by atoms with Gasteiger partial charge in [0.05, 0.1) is 14.2 Å². The average Bonchev–Trinajstić information content (AvgIpc) is 2.53. The highest BCUT2D eigenvalue weighted by Gasteiger charge is 2.10. The molecule has 0 saturated carbocycles. The summed E-state index contributed by atoms with van der Waals surface area (Å²) in [6, 6.07) is 10.4. The van der Waals surface area contributed by atoms with Crippen molar-refractivity contribution >= 4 is 0 Å². The third kappa shape index (κ3) is 3.73. The molecule has 0 aliphatic heterocycles. The summed E-state index contributed by atoms with van der Waals surface area (Å²) in [4.78, 5) is 0. The Labute approximate surface area is 124 Å². The predicted molar refractivity (Wildman–Crippen MR) is 82.3 cm³/mol. The normalized spacial score (nSPS) is 10.5. The number of halogens is 1. The predicted octanol–water partition coefficient (Wildman–Crippen LogP) is 3.62. The largest absolute Gasteiger partial charge is 0.497 e. The van der Waals surface area contributed by atoms with Crippen molar-refractivity contribution in [2.45, 2.75) is 13.5 Å². The van der Waals surface area contributed by atoms with Crippen LogP contribution in [0.25, 0.3) is 11.1 Å². The van der Waals surface area contributed by atoms with Crippen LogP contribution in [-0.2, 0) is 6.54 Å². The first-order valence-corrected chi connectivity index (χ1v) is 6.90. The van der Waals surface area contributed by atoms with Gasteiger partial charge in [0.25, 0.3) is 0 Å². The lowest BCUT2D eigenvalue weighted by Gasteiger charge is -2.13. The van der Waals surface area contributed by atoms with Crippen molar-refractivity contribution in [2.24, 2.45) is 0 Å². The molecular weight excluding hydrogens is 269 g/mol. The van der Waals surface area contributed by atoms with Crippen LogP contribution >= 0.6 is 0 Å². The Hall–Kier alpha value is -2.07. The summed E-state index contributed by atoms with van der Waals surface area (Å²) in [7, 11) is 3.20. The van der Waals surface area contributed by atoms with Gasteiger partial charge >= 0.3 is 0 Å². The van der Waals surface area contributed by atoms with Gasteiger partial charge in [-0.3, -0.25) is 0 Å². The fourth-order valence-corrected chi connectivity index (χ4v) is 2.19. The Bertz CT molecular complexity index is 591. The van der Waals surface area contributed by atoms with E-state index in [0.717, 1.165) is 23.2 Å². The van der Waals surface area contributed by atoms with E-state index >= 15 is 0 Å². The summed E-state index contributed by atoms with van der Waals surface area (Å²) in [6.45, 7) is 3.58. The van der Waals surface area contributed by atoms with Gasteiger partial charge in [-0.05, 0) is 47.5 Å². The van der Waals surface area contributed by atoms with E-state index in [9.17, 15) is 4.39 Å². The van der Waals surface area contributed by atoms with Gasteiger partial charge in [-0.1, -0.05) is 13.0 Å². The van der Waals surface area contributed by atoms with E-state index in [1.165, 1.54) is 6.07 Å². The number of nitrogens with one attached hydrogen (secondary N) is 1. The van der Waals surface area contributed by atoms with E-state index in [0.29, 0.717) is 18.0 Å². The van der Waals surface area contributed by atoms with E-state index < -0.39 is 0 Å². The Morgan fingerprint density at radius 3 is 2.24 bits per heavy atom. The summed E-state index contributed by atoms with van der Waals surface area (Å²) in [5.74, 6) is 1.11. The van der Waals surface area contributed by atoms with E-state index in [-0.39, 0.29) is 5.82 Å². The van der Waals surface area contributed by atoms with Crippen LogP contribution in [0.5, 0.6) is 11.5 Å². The fraction of sp³-hybridized carbons (Fsp3) is 0.294. The molecule has 0 fully saturated rings. The molecule has 0 unspecified atom stereocenters. The van der Waals surface area contributed by atoms with Gasteiger partial charge in [-0.25, -0.2) is 4.39 Å². The molecule has 21 heavy (non-hydrogen) atoms. The van der Waals surface area contributed by atoms with Gasteiger partial charge < -0.3 is 14.8 Å². The topological polar surface area (TPSA) is 30.5 Å². The highest BCUT2D eigenvalue weighted by molar-refractivity contribution is 5.70. The minimum atomic E-state index is -0.257. The number of rotatable bonds is 6. The summed E-state index contributed by atoms with van der Waals surface area (Å²) in [6.07, 6.45) is 0. The molecule has 0 heterocycles. The molecule has 2 aromatic rings. The van der Waals surface area contributed by atoms with Crippen molar-refractivity contribution < 1.29 is 13.9 Å². The summed E-state index contributed by atoms with van der Waals surface area (Å²) in [5.41, 5.74) is 2.75. The molecule has 0 aliphatic carbocycles. The van der Waals surface area contributed by atoms with Gasteiger partial charge in [-0.15, -0.1) is 0 Å². The standard InChI is InChI=1S/C17H20FNO2/c1-4-19-11-12-5-6-14(18)9-17(12)13-7-15(20-2)10-16(8-13)21-3/h5-10,19H,4,11H2,1-3H3. The molecule has 2 aromatic carbocycles. The van der Waals surface area contributed by atoms with Crippen molar-refractivity contribution in [1.29, 1.82) is 0 Å². The number of hydrogen-bond donors (Lipinski definition) is 1. The Kier molecular flexibility index (Phi) is 5.17. The second-order valence-electron chi connectivity index (χ2n) is 4.68. The summed E-state index contributed by atoms with van der Waals surface area (Å²) < 4.78 is 24.2. The molecular formula is C17H20FNO2. The van der Waals surface area contributed by atoms with Crippen LogP contribution in [0.1, 0.15) is 12.5 Å². The van der Waals surface area contributed by atoms with Crippen LogP contribution in [0.4, 0.5) is 4.39 Å². The molecule has 0 amide bonds. The monoisotopic (exact) mass is 289 g/mol. The number of benzene rings is 2. The van der Waals surface area contributed by atoms with Gasteiger partial charge in [0.1, 0.15) is 17.3 Å². The first-order valence-electron chi connectivity index (χ1n) is 6.90. The minimum absolute atomic E-state index is 0.257. The molecule has 112 valence electrons. The van der Waals surface area contributed by atoms with Crippen molar-refractivity contribution in [3.05, 3.63) is 47.8 Å². The highest BCUT2D eigenvalue weighted by Crippen LogP contribution is 2.32. The molecule has 4 heteroatoms. The van der Waals surface area contributed by atoms with Crippen molar-refractivity contribution in [1.82, 2.24) is 5.32 Å². The maximum absolute atomic E-state index is 13.6. The maximum Gasteiger partial charge on any atom is 0.123 e. The number of methoxy groups -OCH3 is 2.